The molecule has 0 bridgehead atoms. The lowest BCUT2D eigenvalue weighted by Crippen LogP contribution is -2.28. The zero-order valence-corrected chi connectivity index (χ0v) is 12.7. The van der Waals surface area contributed by atoms with Crippen LogP contribution in [0.4, 0.5) is 0 Å². The van der Waals surface area contributed by atoms with Crippen LogP contribution in [0.25, 0.3) is 0 Å². The summed E-state index contributed by atoms with van der Waals surface area (Å²) in [4.78, 5) is 0. The summed E-state index contributed by atoms with van der Waals surface area (Å²) in [5.74, 6) is 2.49. The molecule has 0 spiro atoms. The van der Waals surface area contributed by atoms with E-state index in [2.05, 4.69) is 13.8 Å². The first-order valence-corrected chi connectivity index (χ1v) is 7.72. The van der Waals surface area contributed by atoms with Crippen LogP contribution in [-0.4, -0.2) is 19.3 Å². The fourth-order valence-corrected chi connectivity index (χ4v) is 2.79. The van der Waals surface area contributed by atoms with Crippen LogP contribution in [0, 0.1) is 11.8 Å². The van der Waals surface area contributed by atoms with Gasteiger partial charge in [-0.15, -0.1) is 0 Å². The Hall–Kier alpha value is -1.06. The average Bonchev–Trinajstić information content (AvgIpc) is 2.47. The van der Waals surface area contributed by atoms with Crippen LogP contribution in [0.15, 0.2) is 24.3 Å². The third-order valence-corrected chi connectivity index (χ3v) is 4.39. The highest BCUT2D eigenvalue weighted by Gasteiger charge is 2.24. The van der Waals surface area contributed by atoms with E-state index < -0.39 is 0 Å². The minimum Gasteiger partial charge on any atom is -0.491 e. The first-order chi connectivity index (χ1) is 9.69. The van der Waals surface area contributed by atoms with Crippen LogP contribution >= 0.6 is 0 Å². The number of rotatable bonds is 6. The molecule has 3 nitrogen and oxygen atoms in total. The second-order valence-corrected chi connectivity index (χ2v) is 5.96. The van der Waals surface area contributed by atoms with Gasteiger partial charge in [0.2, 0.25) is 0 Å². The summed E-state index contributed by atoms with van der Waals surface area (Å²) in [7, 11) is 0. The highest BCUT2D eigenvalue weighted by molar-refractivity contribution is 5.28. The molecule has 0 aromatic heterocycles. The van der Waals surface area contributed by atoms with Gasteiger partial charge in [0.05, 0.1) is 12.7 Å². The summed E-state index contributed by atoms with van der Waals surface area (Å²) in [6.45, 7) is 6.49. The lowest BCUT2D eigenvalue weighted by Gasteiger charge is -2.31. The maximum absolute atomic E-state index is 5.93. The molecule has 1 aromatic rings. The van der Waals surface area contributed by atoms with Crippen LogP contribution in [0.3, 0.4) is 0 Å². The van der Waals surface area contributed by atoms with Gasteiger partial charge >= 0.3 is 0 Å². The number of ether oxygens (including phenoxy) is 2. The third kappa shape index (κ3) is 4.50. The second kappa shape index (κ2) is 7.65. The van der Waals surface area contributed by atoms with Crippen molar-refractivity contribution in [1.82, 2.24) is 0 Å². The topological polar surface area (TPSA) is 44.5 Å². The summed E-state index contributed by atoms with van der Waals surface area (Å²) in [5, 5.41) is 0. The Bertz CT molecular complexity index is 408. The fourth-order valence-electron chi connectivity index (χ4n) is 2.79. The van der Waals surface area contributed by atoms with Crippen molar-refractivity contribution in [1.29, 1.82) is 0 Å². The Kier molecular flexibility index (Phi) is 5.86. The van der Waals surface area contributed by atoms with Crippen LogP contribution in [0.5, 0.6) is 5.75 Å². The largest absolute Gasteiger partial charge is 0.491 e. The Morgan fingerprint density at radius 3 is 2.75 bits per heavy atom. The fraction of sp³-hybridized carbons (Fsp3) is 0.647. The van der Waals surface area contributed by atoms with Crippen molar-refractivity contribution in [3.8, 4) is 5.75 Å². The second-order valence-electron chi connectivity index (χ2n) is 5.96. The normalized spacial score (nSPS) is 26.4. The van der Waals surface area contributed by atoms with Gasteiger partial charge in [-0.25, -0.2) is 0 Å². The molecule has 1 aliphatic carbocycles. The summed E-state index contributed by atoms with van der Waals surface area (Å²) in [6.07, 6.45) is 4.07. The molecular formula is C17H27NO2. The zero-order valence-electron chi connectivity index (χ0n) is 12.7. The van der Waals surface area contributed by atoms with E-state index in [1.165, 1.54) is 19.3 Å². The molecule has 2 rings (SSSR count). The van der Waals surface area contributed by atoms with Crippen molar-refractivity contribution in [3.63, 3.8) is 0 Å². The summed E-state index contributed by atoms with van der Waals surface area (Å²) in [5.41, 5.74) is 6.71. The number of hydrogen-bond acceptors (Lipinski definition) is 3. The van der Waals surface area contributed by atoms with Gasteiger partial charge in [-0.1, -0.05) is 26.0 Å². The molecule has 20 heavy (non-hydrogen) atoms. The first-order valence-electron chi connectivity index (χ1n) is 7.72. The Morgan fingerprint density at radius 2 is 2.00 bits per heavy atom. The number of nitrogens with two attached hydrogens (primary N) is 1. The summed E-state index contributed by atoms with van der Waals surface area (Å²) < 4.78 is 11.6. The van der Waals surface area contributed by atoms with Crippen molar-refractivity contribution in [2.45, 2.75) is 45.8 Å². The molecule has 1 saturated carbocycles. The number of benzene rings is 1. The molecule has 0 radical (unpaired) electrons. The minimum absolute atomic E-state index is 0.417. The van der Waals surface area contributed by atoms with Gasteiger partial charge in [0.15, 0.2) is 0 Å². The average molecular weight is 277 g/mol. The van der Waals surface area contributed by atoms with E-state index in [4.69, 9.17) is 15.2 Å². The lowest BCUT2D eigenvalue weighted by molar-refractivity contribution is -0.00909. The monoisotopic (exact) mass is 277 g/mol. The smallest absolute Gasteiger partial charge is 0.119 e. The highest BCUT2D eigenvalue weighted by atomic mass is 16.5. The summed E-state index contributed by atoms with van der Waals surface area (Å²) >= 11 is 0. The van der Waals surface area contributed by atoms with Crippen LogP contribution < -0.4 is 10.5 Å². The molecule has 0 saturated heterocycles. The van der Waals surface area contributed by atoms with E-state index >= 15 is 0 Å². The van der Waals surface area contributed by atoms with Crippen molar-refractivity contribution in [2.24, 2.45) is 17.6 Å². The van der Waals surface area contributed by atoms with Crippen molar-refractivity contribution >= 4 is 0 Å². The standard InChI is InChI=1S/C17H27NO2/c1-13-6-7-17(10-14(13)2)20-9-8-19-16-5-3-4-15(11-16)12-18/h3-5,11,13-14,17H,6-10,12,18H2,1-2H3. The molecule has 1 aromatic carbocycles. The molecule has 0 amide bonds. The predicted octanol–water partition coefficient (Wildman–Crippen LogP) is 3.37. The minimum atomic E-state index is 0.417. The van der Waals surface area contributed by atoms with Crippen molar-refractivity contribution < 1.29 is 9.47 Å². The first kappa shape index (κ1) is 15.3. The molecule has 0 aliphatic heterocycles. The quantitative estimate of drug-likeness (QED) is 0.811. The van der Waals surface area contributed by atoms with Gasteiger partial charge < -0.3 is 15.2 Å². The Morgan fingerprint density at radius 1 is 1.15 bits per heavy atom. The van der Waals surface area contributed by atoms with E-state index in [1.54, 1.807) is 0 Å². The predicted molar refractivity (Wildman–Crippen MR) is 81.7 cm³/mol. The van der Waals surface area contributed by atoms with E-state index in [0.29, 0.717) is 25.9 Å². The van der Waals surface area contributed by atoms with Crippen molar-refractivity contribution in [2.75, 3.05) is 13.2 Å². The van der Waals surface area contributed by atoms with E-state index in [-0.39, 0.29) is 0 Å². The molecular weight excluding hydrogens is 250 g/mol. The third-order valence-electron chi connectivity index (χ3n) is 4.39. The van der Waals surface area contributed by atoms with Crippen LogP contribution in [0.1, 0.15) is 38.7 Å². The van der Waals surface area contributed by atoms with Crippen molar-refractivity contribution in [3.05, 3.63) is 29.8 Å². The SMILES string of the molecule is CC1CCC(OCCOc2cccc(CN)c2)CC1C. The molecule has 3 heteroatoms. The molecule has 3 atom stereocenters. The van der Waals surface area contributed by atoms with Gasteiger partial charge in [-0.3, -0.25) is 0 Å². The van der Waals surface area contributed by atoms with E-state index in [1.807, 2.05) is 24.3 Å². The van der Waals surface area contributed by atoms with Gasteiger partial charge in [0, 0.05) is 6.54 Å². The maximum Gasteiger partial charge on any atom is 0.119 e. The Labute approximate surface area is 122 Å². The highest BCUT2D eigenvalue weighted by Crippen LogP contribution is 2.30. The zero-order chi connectivity index (χ0) is 14.4. The number of hydrogen-bond donors (Lipinski definition) is 1. The molecule has 1 aliphatic rings. The van der Waals surface area contributed by atoms with Gasteiger partial charge in [0.1, 0.15) is 12.4 Å². The summed E-state index contributed by atoms with van der Waals surface area (Å²) in [6, 6.07) is 7.93. The van der Waals surface area contributed by atoms with Crippen LogP contribution in [-0.2, 0) is 11.3 Å². The maximum atomic E-state index is 5.93. The molecule has 112 valence electrons. The van der Waals surface area contributed by atoms with E-state index in [9.17, 15) is 0 Å². The Balaban J connectivity index is 1.66. The lowest BCUT2D eigenvalue weighted by atomic mass is 9.80. The van der Waals surface area contributed by atoms with Gasteiger partial charge in [0.25, 0.3) is 0 Å². The van der Waals surface area contributed by atoms with E-state index in [0.717, 1.165) is 23.1 Å². The molecule has 2 N–H and O–H groups in total. The van der Waals surface area contributed by atoms with Crippen LogP contribution in [0.2, 0.25) is 0 Å². The van der Waals surface area contributed by atoms with Gasteiger partial charge in [-0.05, 0) is 48.8 Å². The van der Waals surface area contributed by atoms with Gasteiger partial charge in [-0.2, -0.15) is 0 Å². The molecule has 0 heterocycles. The molecule has 1 fully saturated rings. The molecule has 3 unspecified atom stereocenters.